The van der Waals surface area contributed by atoms with Gasteiger partial charge in [-0.1, -0.05) is 30.3 Å². The smallest absolute Gasteiger partial charge is 0.237 e. The second-order valence-electron chi connectivity index (χ2n) is 4.37. The molecule has 100 valence electrons. The van der Waals surface area contributed by atoms with Crippen molar-refractivity contribution in [2.45, 2.75) is 18.9 Å². The maximum atomic E-state index is 11.8. The highest BCUT2D eigenvalue weighted by molar-refractivity contribution is 5.81. The van der Waals surface area contributed by atoms with Crippen molar-refractivity contribution in [1.82, 2.24) is 15.3 Å². The largest absolute Gasteiger partial charge is 0.354 e. The van der Waals surface area contributed by atoms with E-state index in [1.165, 1.54) is 0 Å². The highest BCUT2D eigenvalue weighted by Crippen LogP contribution is 2.01. The molecule has 0 fully saturated rings. The first-order chi connectivity index (χ1) is 9.25. The highest BCUT2D eigenvalue weighted by Gasteiger charge is 2.13. The number of hydrogen-bond acceptors (Lipinski definition) is 3. The van der Waals surface area contributed by atoms with Crippen LogP contribution in [0, 0.1) is 0 Å². The van der Waals surface area contributed by atoms with Gasteiger partial charge in [-0.2, -0.15) is 0 Å². The number of nitrogens with two attached hydrogens (primary N) is 1. The molecule has 0 aliphatic rings. The van der Waals surface area contributed by atoms with Crippen molar-refractivity contribution in [1.29, 1.82) is 0 Å². The average molecular weight is 258 g/mol. The van der Waals surface area contributed by atoms with Crippen molar-refractivity contribution in [3.63, 3.8) is 0 Å². The van der Waals surface area contributed by atoms with Gasteiger partial charge in [0.15, 0.2) is 0 Å². The van der Waals surface area contributed by atoms with Crippen molar-refractivity contribution in [3.05, 3.63) is 54.1 Å². The molecule has 1 heterocycles. The molecule has 0 saturated heterocycles. The number of carbonyl (C=O) groups excluding carboxylic acids is 1. The fourth-order valence-corrected chi connectivity index (χ4v) is 1.83. The van der Waals surface area contributed by atoms with Gasteiger partial charge in [0.05, 0.1) is 6.04 Å². The summed E-state index contributed by atoms with van der Waals surface area (Å²) in [6.45, 7) is 0.537. The summed E-state index contributed by atoms with van der Waals surface area (Å²) in [6.07, 6.45) is 4.68. The Morgan fingerprint density at radius 3 is 2.84 bits per heavy atom. The third kappa shape index (κ3) is 4.22. The van der Waals surface area contributed by atoms with E-state index in [9.17, 15) is 4.79 Å². The Balaban J connectivity index is 1.73. The molecule has 0 radical (unpaired) electrons. The Hall–Kier alpha value is -2.14. The predicted molar refractivity (Wildman–Crippen MR) is 73.4 cm³/mol. The van der Waals surface area contributed by atoms with E-state index in [2.05, 4.69) is 15.3 Å². The van der Waals surface area contributed by atoms with Crippen LogP contribution in [0.1, 0.15) is 11.4 Å². The van der Waals surface area contributed by atoms with Gasteiger partial charge < -0.3 is 16.0 Å². The highest BCUT2D eigenvalue weighted by atomic mass is 16.2. The van der Waals surface area contributed by atoms with E-state index in [0.717, 1.165) is 11.4 Å². The monoisotopic (exact) mass is 258 g/mol. The lowest BCUT2D eigenvalue weighted by Crippen LogP contribution is -2.42. The lowest BCUT2D eigenvalue weighted by Gasteiger charge is -2.11. The fraction of sp³-hybridized carbons (Fsp3) is 0.286. The first kappa shape index (κ1) is 13.3. The molecule has 0 aliphatic heterocycles. The van der Waals surface area contributed by atoms with Crippen LogP contribution >= 0.6 is 0 Å². The SMILES string of the molecule is N[C@@H](Cc1ccccc1)C(=O)NCCc1ncc[nH]1. The average Bonchev–Trinajstić information content (AvgIpc) is 2.93. The number of hydrogen-bond donors (Lipinski definition) is 3. The van der Waals surface area contributed by atoms with Gasteiger partial charge in [-0.25, -0.2) is 4.98 Å². The summed E-state index contributed by atoms with van der Waals surface area (Å²) in [7, 11) is 0. The van der Waals surface area contributed by atoms with Crippen molar-refractivity contribution in [2.24, 2.45) is 5.73 Å². The number of nitrogens with zero attached hydrogens (tertiary/aromatic N) is 1. The molecule has 0 unspecified atom stereocenters. The van der Waals surface area contributed by atoms with Gasteiger partial charge in [0, 0.05) is 25.4 Å². The summed E-state index contributed by atoms with van der Waals surface area (Å²) in [5.41, 5.74) is 6.94. The molecule has 5 heteroatoms. The van der Waals surface area contributed by atoms with E-state index >= 15 is 0 Å². The van der Waals surface area contributed by atoms with Gasteiger partial charge >= 0.3 is 0 Å². The van der Waals surface area contributed by atoms with Crippen LogP contribution in [0.25, 0.3) is 0 Å². The molecule has 0 spiro atoms. The van der Waals surface area contributed by atoms with Gasteiger partial charge in [-0.05, 0) is 12.0 Å². The zero-order chi connectivity index (χ0) is 13.5. The number of imidazole rings is 1. The second-order valence-corrected chi connectivity index (χ2v) is 4.37. The zero-order valence-corrected chi connectivity index (χ0v) is 10.7. The molecule has 1 aromatic carbocycles. The Kier molecular flexibility index (Phi) is 4.69. The van der Waals surface area contributed by atoms with Gasteiger partial charge in [-0.15, -0.1) is 0 Å². The molecule has 0 aliphatic carbocycles. The van der Waals surface area contributed by atoms with Crippen molar-refractivity contribution < 1.29 is 4.79 Å². The van der Waals surface area contributed by atoms with E-state index in [0.29, 0.717) is 19.4 Å². The number of H-pyrrole nitrogens is 1. The Labute approximate surface area is 112 Å². The van der Waals surface area contributed by atoms with E-state index in [-0.39, 0.29) is 5.91 Å². The van der Waals surface area contributed by atoms with Crippen LogP contribution in [0.2, 0.25) is 0 Å². The molecule has 4 N–H and O–H groups in total. The lowest BCUT2D eigenvalue weighted by atomic mass is 10.1. The molecule has 1 aromatic heterocycles. The summed E-state index contributed by atoms with van der Waals surface area (Å²) >= 11 is 0. The molecule has 0 saturated carbocycles. The number of nitrogens with one attached hydrogen (secondary N) is 2. The number of rotatable bonds is 6. The number of benzene rings is 1. The number of aromatic nitrogens is 2. The van der Waals surface area contributed by atoms with Crippen LogP contribution in [0.4, 0.5) is 0 Å². The standard InChI is InChI=1S/C14H18N4O/c15-12(10-11-4-2-1-3-5-11)14(19)18-7-6-13-16-8-9-17-13/h1-5,8-9,12H,6-7,10,15H2,(H,16,17)(H,18,19)/t12-/m0/s1. The Bertz CT molecular complexity index is 495. The number of amides is 1. The third-order valence-corrected chi connectivity index (χ3v) is 2.85. The summed E-state index contributed by atoms with van der Waals surface area (Å²) in [5, 5.41) is 2.82. The molecular weight excluding hydrogens is 240 g/mol. The lowest BCUT2D eigenvalue weighted by molar-refractivity contribution is -0.122. The first-order valence-corrected chi connectivity index (χ1v) is 6.31. The molecule has 19 heavy (non-hydrogen) atoms. The number of carbonyl (C=O) groups is 1. The fourth-order valence-electron chi connectivity index (χ4n) is 1.83. The van der Waals surface area contributed by atoms with Crippen molar-refractivity contribution >= 4 is 5.91 Å². The summed E-state index contributed by atoms with van der Waals surface area (Å²) in [5.74, 6) is 0.729. The van der Waals surface area contributed by atoms with Crippen LogP contribution in [0.15, 0.2) is 42.7 Å². The van der Waals surface area contributed by atoms with Crippen LogP contribution < -0.4 is 11.1 Å². The normalized spacial score (nSPS) is 12.1. The van der Waals surface area contributed by atoms with Crippen LogP contribution in [0.3, 0.4) is 0 Å². The molecule has 2 rings (SSSR count). The Morgan fingerprint density at radius 2 is 2.16 bits per heavy atom. The van der Waals surface area contributed by atoms with E-state index in [1.54, 1.807) is 12.4 Å². The van der Waals surface area contributed by atoms with Gasteiger partial charge in [0.1, 0.15) is 5.82 Å². The maximum Gasteiger partial charge on any atom is 0.237 e. The quantitative estimate of drug-likeness (QED) is 0.711. The molecule has 1 amide bonds. The topological polar surface area (TPSA) is 83.8 Å². The van der Waals surface area contributed by atoms with Gasteiger partial charge in [0.25, 0.3) is 0 Å². The molecule has 0 bridgehead atoms. The zero-order valence-electron chi connectivity index (χ0n) is 10.7. The van der Waals surface area contributed by atoms with Gasteiger partial charge in [-0.3, -0.25) is 4.79 Å². The van der Waals surface area contributed by atoms with Crippen molar-refractivity contribution in [2.75, 3.05) is 6.54 Å². The first-order valence-electron chi connectivity index (χ1n) is 6.31. The van der Waals surface area contributed by atoms with Gasteiger partial charge in [0.2, 0.25) is 5.91 Å². The summed E-state index contributed by atoms with van der Waals surface area (Å²) < 4.78 is 0. The third-order valence-electron chi connectivity index (χ3n) is 2.85. The van der Waals surface area contributed by atoms with E-state index in [1.807, 2.05) is 30.3 Å². The summed E-state index contributed by atoms with van der Waals surface area (Å²) in [6, 6.07) is 9.25. The summed E-state index contributed by atoms with van der Waals surface area (Å²) in [4.78, 5) is 18.9. The Morgan fingerprint density at radius 1 is 1.37 bits per heavy atom. The van der Waals surface area contributed by atoms with Crippen LogP contribution in [-0.4, -0.2) is 28.5 Å². The van der Waals surface area contributed by atoms with Crippen molar-refractivity contribution in [3.8, 4) is 0 Å². The molecule has 2 aromatic rings. The molecule has 1 atom stereocenters. The van der Waals surface area contributed by atoms with Crippen LogP contribution in [0.5, 0.6) is 0 Å². The van der Waals surface area contributed by atoms with Crippen LogP contribution in [-0.2, 0) is 17.6 Å². The predicted octanol–water partition coefficient (Wildman–Crippen LogP) is 0.638. The number of aromatic amines is 1. The minimum Gasteiger partial charge on any atom is -0.354 e. The van der Waals surface area contributed by atoms with E-state index in [4.69, 9.17) is 5.73 Å². The molecular formula is C14H18N4O. The minimum atomic E-state index is -0.515. The maximum absolute atomic E-state index is 11.8. The second kappa shape index (κ2) is 6.70. The van der Waals surface area contributed by atoms with E-state index < -0.39 is 6.04 Å². The molecule has 5 nitrogen and oxygen atoms in total. The minimum absolute atomic E-state index is 0.129.